The normalized spacial score (nSPS) is 10.0. The van der Waals surface area contributed by atoms with Gasteiger partial charge in [-0.2, -0.15) is 0 Å². The molecule has 0 unspecified atom stereocenters. The Bertz CT molecular complexity index is 360. The van der Waals surface area contributed by atoms with Crippen LogP contribution in [0, 0.1) is 0 Å². The zero-order chi connectivity index (χ0) is 11.4. The van der Waals surface area contributed by atoms with E-state index in [2.05, 4.69) is 4.90 Å². The number of aromatic carboxylic acids is 1. The van der Waals surface area contributed by atoms with Gasteiger partial charge in [0.05, 0.1) is 16.9 Å². The molecule has 1 rings (SSSR count). The van der Waals surface area contributed by atoms with Gasteiger partial charge in [0, 0.05) is 13.1 Å². The van der Waals surface area contributed by atoms with Gasteiger partial charge in [0.2, 0.25) is 0 Å². The highest BCUT2D eigenvalue weighted by Gasteiger charge is 2.09. The number of nitrogens with zero attached hydrogens (tertiary/aromatic N) is 1. The molecule has 0 heterocycles. The standard InChI is InChI=1S/C11H16N2O2/c1-3-13(4-2)10-6-5-8(11(14)15)7-9(10)12/h5-7H,3-4,12H2,1-2H3,(H,14,15). The molecule has 4 heteroatoms. The van der Waals surface area contributed by atoms with Crippen LogP contribution in [0.15, 0.2) is 18.2 Å². The lowest BCUT2D eigenvalue weighted by Gasteiger charge is -2.22. The smallest absolute Gasteiger partial charge is 0.335 e. The van der Waals surface area contributed by atoms with Gasteiger partial charge in [-0.1, -0.05) is 0 Å². The quantitative estimate of drug-likeness (QED) is 0.740. The van der Waals surface area contributed by atoms with Crippen LogP contribution in [0.2, 0.25) is 0 Å². The van der Waals surface area contributed by atoms with E-state index >= 15 is 0 Å². The van der Waals surface area contributed by atoms with Gasteiger partial charge in [-0.3, -0.25) is 0 Å². The van der Waals surface area contributed by atoms with Gasteiger partial charge < -0.3 is 15.7 Å². The Kier molecular flexibility index (Phi) is 3.55. The zero-order valence-corrected chi connectivity index (χ0v) is 9.03. The Balaban J connectivity index is 3.07. The fraction of sp³-hybridized carbons (Fsp3) is 0.364. The van der Waals surface area contributed by atoms with E-state index in [0.29, 0.717) is 5.69 Å². The highest BCUT2D eigenvalue weighted by Crippen LogP contribution is 2.24. The molecular weight excluding hydrogens is 192 g/mol. The summed E-state index contributed by atoms with van der Waals surface area (Å²) in [5.74, 6) is -0.951. The van der Waals surface area contributed by atoms with E-state index in [-0.39, 0.29) is 5.56 Å². The minimum atomic E-state index is -0.951. The Morgan fingerprint density at radius 1 is 1.40 bits per heavy atom. The van der Waals surface area contributed by atoms with Crippen molar-refractivity contribution in [2.75, 3.05) is 23.7 Å². The zero-order valence-electron chi connectivity index (χ0n) is 9.03. The number of hydrogen-bond acceptors (Lipinski definition) is 3. The molecule has 0 bridgehead atoms. The van der Waals surface area contributed by atoms with Crippen molar-refractivity contribution in [3.8, 4) is 0 Å². The number of carbonyl (C=O) groups is 1. The van der Waals surface area contributed by atoms with E-state index in [4.69, 9.17) is 10.8 Å². The molecule has 0 atom stereocenters. The molecule has 1 aromatic rings. The first kappa shape index (κ1) is 11.4. The van der Waals surface area contributed by atoms with Gasteiger partial charge in [0.15, 0.2) is 0 Å². The van der Waals surface area contributed by atoms with Gasteiger partial charge in [0.1, 0.15) is 0 Å². The minimum absolute atomic E-state index is 0.225. The first-order valence-corrected chi connectivity index (χ1v) is 4.97. The fourth-order valence-electron chi connectivity index (χ4n) is 1.54. The third kappa shape index (κ3) is 2.40. The van der Waals surface area contributed by atoms with Crippen molar-refractivity contribution in [3.05, 3.63) is 23.8 Å². The number of hydrogen-bond donors (Lipinski definition) is 2. The van der Waals surface area contributed by atoms with Crippen molar-refractivity contribution >= 4 is 17.3 Å². The lowest BCUT2D eigenvalue weighted by molar-refractivity contribution is 0.0697. The average Bonchev–Trinajstić information content (AvgIpc) is 2.21. The summed E-state index contributed by atoms with van der Waals surface area (Å²) in [7, 11) is 0. The van der Waals surface area contributed by atoms with Crippen molar-refractivity contribution in [2.24, 2.45) is 0 Å². The molecule has 0 aromatic heterocycles. The summed E-state index contributed by atoms with van der Waals surface area (Å²) < 4.78 is 0. The van der Waals surface area contributed by atoms with E-state index in [1.165, 1.54) is 6.07 Å². The van der Waals surface area contributed by atoms with Crippen LogP contribution in [0.5, 0.6) is 0 Å². The third-order valence-corrected chi connectivity index (χ3v) is 2.38. The first-order chi connectivity index (χ1) is 7.10. The van der Waals surface area contributed by atoms with Crippen molar-refractivity contribution in [1.82, 2.24) is 0 Å². The van der Waals surface area contributed by atoms with Crippen LogP contribution in [-0.4, -0.2) is 24.2 Å². The molecule has 15 heavy (non-hydrogen) atoms. The SMILES string of the molecule is CCN(CC)c1ccc(C(=O)O)cc1N. The molecule has 0 saturated heterocycles. The first-order valence-electron chi connectivity index (χ1n) is 4.97. The molecular formula is C11H16N2O2. The van der Waals surface area contributed by atoms with Gasteiger partial charge >= 0.3 is 5.97 Å². The number of carboxylic acids is 1. The van der Waals surface area contributed by atoms with Crippen LogP contribution in [0.3, 0.4) is 0 Å². The van der Waals surface area contributed by atoms with Gasteiger partial charge in [-0.15, -0.1) is 0 Å². The van der Waals surface area contributed by atoms with Crippen LogP contribution >= 0.6 is 0 Å². The molecule has 0 fully saturated rings. The Morgan fingerprint density at radius 2 is 2.00 bits per heavy atom. The highest BCUT2D eigenvalue weighted by molar-refractivity contribution is 5.90. The van der Waals surface area contributed by atoms with Crippen LogP contribution in [0.25, 0.3) is 0 Å². The van der Waals surface area contributed by atoms with Crippen LogP contribution < -0.4 is 10.6 Å². The molecule has 0 spiro atoms. The molecule has 0 aliphatic rings. The third-order valence-electron chi connectivity index (χ3n) is 2.38. The molecule has 0 aliphatic heterocycles. The monoisotopic (exact) mass is 208 g/mol. The van der Waals surface area contributed by atoms with E-state index in [0.717, 1.165) is 18.8 Å². The van der Waals surface area contributed by atoms with Gasteiger partial charge in [-0.25, -0.2) is 4.79 Å². The number of nitrogen functional groups attached to an aromatic ring is 1. The minimum Gasteiger partial charge on any atom is -0.478 e. The van der Waals surface area contributed by atoms with Crippen molar-refractivity contribution in [2.45, 2.75) is 13.8 Å². The predicted molar refractivity (Wildman–Crippen MR) is 61.4 cm³/mol. The van der Waals surface area contributed by atoms with E-state index < -0.39 is 5.97 Å². The van der Waals surface area contributed by atoms with Gasteiger partial charge in [-0.05, 0) is 32.0 Å². The van der Waals surface area contributed by atoms with Crippen LogP contribution in [-0.2, 0) is 0 Å². The lowest BCUT2D eigenvalue weighted by Crippen LogP contribution is -2.23. The maximum Gasteiger partial charge on any atom is 0.335 e. The van der Waals surface area contributed by atoms with Crippen molar-refractivity contribution in [3.63, 3.8) is 0 Å². The maximum atomic E-state index is 10.7. The molecule has 82 valence electrons. The summed E-state index contributed by atoms with van der Waals surface area (Å²) in [6.07, 6.45) is 0. The molecule has 3 N–H and O–H groups in total. The summed E-state index contributed by atoms with van der Waals surface area (Å²) in [6.45, 7) is 5.78. The number of carboxylic acid groups (broad SMARTS) is 1. The second-order valence-corrected chi connectivity index (χ2v) is 3.25. The molecule has 4 nitrogen and oxygen atoms in total. The van der Waals surface area contributed by atoms with E-state index in [1.54, 1.807) is 12.1 Å². The molecule has 0 saturated carbocycles. The molecule has 1 aromatic carbocycles. The Hall–Kier alpha value is -1.71. The Labute approximate surface area is 89.3 Å². The summed E-state index contributed by atoms with van der Waals surface area (Å²) in [6, 6.07) is 4.83. The van der Waals surface area contributed by atoms with Crippen molar-refractivity contribution < 1.29 is 9.90 Å². The highest BCUT2D eigenvalue weighted by atomic mass is 16.4. The second-order valence-electron chi connectivity index (χ2n) is 3.25. The molecule has 0 radical (unpaired) electrons. The Morgan fingerprint density at radius 3 is 2.40 bits per heavy atom. The summed E-state index contributed by atoms with van der Waals surface area (Å²) in [5.41, 5.74) is 7.44. The number of nitrogens with two attached hydrogens (primary N) is 1. The van der Waals surface area contributed by atoms with E-state index in [1.807, 2.05) is 13.8 Å². The largest absolute Gasteiger partial charge is 0.478 e. The maximum absolute atomic E-state index is 10.7. The summed E-state index contributed by atoms with van der Waals surface area (Å²) in [4.78, 5) is 12.8. The van der Waals surface area contributed by atoms with Crippen LogP contribution in [0.4, 0.5) is 11.4 Å². The molecule has 0 amide bonds. The lowest BCUT2D eigenvalue weighted by atomic mass is 10.1. The average molecular weight is 208 g/mol. The molecule has 0 aliphatic carbocycles. The fourth-order valence-corrected chi connectivity index (χ4v) is 1.54. The number of rotatable bonds is 4. The number of anilines is 2. The second kappa shape index (κ2) is 4.68. The van der Waals surface area contributed by atoms with E-state index in [9.17, 15) is 4.79 Å². The van der Waals surface area contributed by atoms with Gasteiger partial charge in [0.25, 0.3) is 0 Å². The topological polar surface area (TPSA) is 66.6 Å². The summed E-state index contributed by atoms with van der Waals surface area (Å²) >= 11 is 0. The predicted octanol–water partition coefficient (Wildman–Crippen LogP) is 1.81. The van der Waals surface area contributed by atoms with Crippen molar-refractivity contribution in [1.29, 1.82) is 0 Å². The number of benzene rings is 1. The van der Waals surface area contributed by atoms with Crippen LogP contribution in [0.1, 0.15) is 24.2 Å². The summed E-state index contributed by atoms with van der Waals surface area (Å²) in [5, 5.41) is 8.78.